The number of anilines is 1. The number of methoxy groups -OCH3 is 1. The summed E-state index contributed by atoms with van der Waals surface area (Å²) in [5.41, 5.74) is 2.47. The molecule has 0 radical (unpaired) electrons. The smallest absolute Gasteiger partial charge is 0.165 e. The zero-order valence-electron chi connectivity index (χ0n) is 20.9. The average molecular weight is 505 g/mol. The van der Waals surface area contributed by atoms with E-state index in [-0.39, 0.29) is 11.6 Å². The molecule has 0 unspecified atom stereocenters. The van der Waals surface area contributed by atoms with Gasteiger partial charge in [0.05, 0.1) is 17.3 Å². The van der Waals surface area contributed by atoms with Gasteiger partial charge in [0.25, 0.3) is 0 Å². The number of rotatable bonds is 10. The molecule has 0 amide bonds. The first-order chi connectivity index (χ1) is 17.0. The maximum Gasteiger partial charge on any atom is 0.165 e. The second-order valence-corrected chi connectivity index (χ2v) is 10.5. The summed E-state index contributed by atoms with van der Waals surface area (Å²) in [6.07, 6.45) is 9.27. The van der Waals surface area contributed by atoms with Crippen molar-refractivity contribution in [2.75, 3.05) is 38.8 Å². The van der Waals surface area contributed by atoms with E-state index in [1.807, 2.05) is 6.07 Å². The summed E-state index contributed by atoms with van der Waals surface area (Å²) in [7, 11) is 1.74. The first-order valence-electron chi connectivity index (χ1n) is 12.9. The molecule has 4 rings (SSSR count). The van der Waals surface area contributed by atoms with Crippen LogP contribution in [0.15, 0.2) is 24.4 Å². The van der Waals surface area contributed by atoms with Crippen LogP contribution in [0, 0.1) is 17.7 Å². The molecule has 0 spiro atoms. The Morgan fingerprint density at radius 3 is 2.66 bits per heavy atom. The third kappa shape index (κ3) is 7.59. The van der Waals surface area contributed by atoms with Crippen molar-refractivity contribution < 1.29 is 13.9 Å². The highest BCUT2D eigenvalue weighted by Crippen LogP contribution is 2.32. The summed E-state index contributed by atoms with van der Waals surface area (Å²) in [5.74, 6) is 0.997. The molecule has 0 bridgehead atoms. The van der Waals surface area contributed by atoms with Crippen molar-refractivity contribution in [2.24, 2.45) is 11.8 Å². The van der Waals surface area contributed by atoms with Crippen molar-refractivity contribution in [2.45, 2.75) is 64.0 Å². The van der Waals surface area contributed by atoms with Crippen molar-refractivity contribution in [1.82, 2.24) is 15.3 Å². The zero-order valence-corrected chi connectivity index (χ0v) is 21.6. The van der Waals surface area contributed by atoms with Crippen LogP contribution in [0.2, 0.25) is 5.02 Å². The molecule has 6 nitrogen and oxygen atoms in total. The topological polar surface area (TPSA) is 68.3 Å². The van der Waals surface area contributed by atoms with E-state index in [1.54, 1.807) is 19.4 Å². The van der Waals surface area contributed by atoms with Gasteiger partial charge in [-0.25, -0.2) is 9.37 Å². The molecule has 0 aromatic carbocycles. The predicted molar refractivity (Wildman–Crippen MR) is 138 cm³/mol. The fourth-order valence-corrected chi connectivity index (χ4v) is 5.43. The van der Waals surface area contributed by atoms with Crippen LogP contribution in [-0.2, 0) is 15.9 Å². The Bertz CT molecular complexity index is 949. The van der Waals surface area contributed by atoms with Gasteiger partial charge in [-0.15, -0.1) is 0 Å². The van der Waals surface area contributed by atoms with E-state index in [2.05, 4.69) is 27.5 Å². The number of aromatic nitrogens is 2. The van der Waals surface area contributed by atoms with Crippen molar-refractivity contribution in [1.29, 1.82) is 0 Å². The number of ether oxygens (including phenoxy) is 2. The third-order valence-electron chi connectivity index (χ3n) is 7.21. The molecule has 1 aliphatic carbocycles. The van der Waals surface area contributed by atoms with Gasteiger partial charge >= 0.3 is 0 Å². The largest absolute Gasteiger partial charge is 0.383 e. The van der Waals surface area contributed by atoms with Crippen molar-refractivity contribution in [3.8, 4) is 11.3 Å². The van der Waals surface area contributed by atoms with E-state index in [1.165, 1.54) is 31.7 Å². The monoisotopic (exact) mass is 504 g/mol. The molecule has 3 heterocycles. The van der Waals surface area contributed by atoms with Gasteiger partial charge < -0.3 is 20.1 Å². The Balaban J connectivity index is 1.37. The maximum atomic E-state index is 14.5. The summed E-state index contributed by atoms with van der Waals surface area (Å²) < 4.78 is 25.1. The van der Waals surface area contributed by atoms with Crippen molar-refractivity contribution in [3.63, 3.8) is 0 Å². The molecule has 8 heteroatoms. The highest BCUT2D eigenvalue weighted by molar-refractivity contribution is 6.33. The van der Waals surface area contributed by atoms with Gasteiger partial charge in [-0.05, 0) is 81.9 Å². The standard InChI is InChI=1S/C27H38ClFN4O2/c1-18(17-34-2)32-21-5-3-19(4-6-21)13-22-14-23(24(28)16-30-22)26-8-7-25(29)27(33-26)31-15-20-9-11-35-12-10-20/h7-8,14,16,18-21,32H,3-6,9-13,15,17H2,1-2H3,(H,31,33)/t18-,19?,21?/m1/s1. The Labute approximate surface area is 213 Å². The van der Waals surface area contributed by atoms with E-state index in [4.69, 9.17) is 21.1 Å². The Morgan fingerprint density at radius 1 is 1.14 bits per heavy atom. The minimum absolute atomic E-state index is 0.275. The minimum Gasteiger partial charge on any atom is -0.383 e. The van der Waals surface area contributed by atoms with Crippen molar-refractivity contribution in [3.05, 3.63) is 40.9 Å². The number of hydrogen-bond donors (Lipinski definition) is 2. The van der Waals surface area contributed by atoms with Gasteiger partial charge in [0, 0.05) is 56.4 Å². The number of pyridine rings is 2. The third-order valence-corrected chi connectivity index (χ3v) is 7.52. The summed E-state index contributed by atoms with van der Waals surface area (Å²) in [5, 5.41) is 7.41. The van der Waals surface area contributed by atoms with Crippen LogP contribution < -0.4 is 10.6 Å². The van der Waals surface area contributed by atoms with Crippen LogP contribution >= 0.6 is 11.6 Å². The lowest BCUT2D eigenvalue weighted by Gasteiger charge is -2.31. The van der Waals surface area contributed by atoms with Crippen LogP contribution in [0.25, 0.3) is 11.3 Å². The molecule has 2 aromatic heterocycles. The molecule has 2 fully saturated rings. The fraction of sp³-hybridized carbons (Fsp3) is 0.630. The minimum atomic E-state index is -0.351. The van der Waals surface area contributed by atoms with Crippen LogP contribution in [0.4, 0.5) is 10.2 Å². The first-order valence-corrected chi connectivity index (χ1v) is 13.3. The Kier molecular flexibility index (Phi) is 9.72. The molecule has 192 valence electrons. The molecule has 2 N–H and O–H groups in total. The summed E-state index contributed by atoms with van der Waals surface area (Å²) in [6, 6.07) is 6.11. The predicted octanol–water partition coefficient (Wildman–Crippen LogP) is 5.50. The van der Waals surface area contributed by atoms with Gasteiger partial charge in [0.2, 0.25) is 0 Å². The van der Waals surface area contributed by atoms with Crippen LogP contribution in [0.5, 0.6) is 0 Å². The van der Waals surface area contributed by atoms with Gasteiger partial charge in [-0.1, -0.05) is 11.6 Å². The molecule has 1 aliphatic heterocycles. The summed E-state index contributed by atoms with van der Waals surface area (Å²) >= 11 is 6.51. The van der Waals surface area contributed by atoms with Crippen LogP contribution in [-0.4, -0.2) is 55.5 Å². The second-order valence-electron chi connectivity index (χ2n) is 10.1. The lowest BCUT2D eigenvalue weighted by molar-refractivity contribution is 0.0699. The Morgan fingerprint density at radius 2 is 1.91 bits per heavy atom. The molecule has 1 saturated heterocycles. The lowest BCUT2D eigenvalue weighted by atomic mass is 9.83. The molecule has 2 aromatic rings. The zero-order chi connectivity index (χ0) is 24.6. The van der Waals surface area contributed by atoms with E-state index in [9.17, 15) is 4.39 Å². The van der Waals surface area contributed by atoms with E-state index in [0.717, 1.165) is 50.3 Å². The first kappa shape index (κ1) is 26.3. The number of halogens is 2. The normalized spacial score (nSPS) is 22.2. The lowest BCUT2D eigenvalue weighted by Crippen LogP contribution is -2.41. The average Bonchev–Trinajstić information content (AvgIpc) is 2.87. The summed E-state index contributed by atoms with van der Waals surface area (Å²) in [4.78, 5) is 9.17. The molecule has 35 heavy (non-hydrogen) atoms. The van der Waals surface area contributed by atoms with Gasteiger partial charge in [0.15, 0.2) is 11.6 Å². The van der Waals surface area contributed by atoms with Crippen molar-refractivity contribution >= 4 is 17.4 Å². The maximum absolute atomic E-state index is 14.5. The summed E-state index contributed by atoms with van der Waals surface area (Å²) in [6.45, 7) is 5.13. The molecule has 1 saturated carbocycles. The van der Waals surface area contributed by atoms with Gasteiger partial charge in [0.1, 0.15) is 0 Å². The molecule has 2 aliphatic rings. The SMILES string of the molecule is COC[C@@H](C)NC1CCC(Cc2cc(-c3ccc(F)c(NCC4CCOCC4)n3)c(Cl)cn2)CC1. The molecule has 1 atom stereocenters. The van der Waals surface area contributed by atoms with E-state index >= 15 is 0 Å². The quantitative estimate of drug-likeness (QED) is 0.445. The van der Waals surface area contributed by atoms with Gasteiger partial charge in [-0.2, -0.15) is 0 Å². The Hall–Kier alpha value is -1.80. The highest BCUT2D eigenvalue weighted by Gasteiger charge is 2.23. The van der Waals surface area contributed by atoms with Crippen LogP contribution in [0.1, 0.15) is 51.1 Å². The fourth-order valence-electron chi connectivity index (χ4n) is 5.23. The number of nitrogens with zero attached hydrogens (tertiary/aromatic N) is 2. The van der Waals surface area contributed by atoms with Crippen LogP contribution in [0.3, 0.4) is 0 Å². The highest BCUT2D eigenvalue weighted by atomic mass is 35.5. The van der Waals surface area contributed by atoms with E-state index in [0.29, 0.717) is 41.2 Å². The molecular weight excluding hydrogens is 467 g/mol. The van der Waals surface area contributed by atoms with E-state index < -0.39 is 0 Å². The molecular formula is C27H38ClFN4O2. The second kappa shape index (κ2) is 12.9. The number of hydrogen-bond acceptors (Lipinski definition) is 6. The van der Waals surface area contributed by atoms with Gasteiger partial charge in [-0.3, -0.25) is 4.98 Å². The number of nitrogens with one attached hydrogen (secondary N) is 2.